The largest absolute Gasteiger partial charge is 0.491 e. The molecule has 1 heterocycles. The van der Waals surface area contributed by atoms with Gasteiger partial charge in [-0.3, -0.25) is 0 Å². The van der Waals surface area contributed by atoms with Crippen molar-refractivity contribution in [2.24, 2.45) is 0 Å². The quantitative estimate of drug-likeness (QED) is 0.662. The van der Waals surface area contributed by atoms with E-state index >= 15 is 0 Å². The Bertz CT molecular complexity index is 587. The van der Waals surface area contributed by atoms with Gasteiger partial charge in [-0.05, 0) is 36.4 Å². The Morgan fingerprint density at radius 2 is 1.84 bits per heavy atom. The minimum absolute atomic E-state index is 0.164. The number of benzene rings is 1. The average Bonchev–Trinajstić information content (AvgIpc) is 2.37. The molecule has 1 aromatic heterocycles. The van der Waals surface area contributed by atoms with Crippen LogP contribution in [0.4, 0.5) is 15.9 Å². The fraction of sp³-hybridized carbons (Fsp3) is 0. The maximum absolute atomic E-state index is 12.9. The first-order chi connectivity index (χ1) is 8.96. The molecule has 100 valence electrons. The number of aromatic nitrogens is 1. The van der Waals surface area contributed by atoms with E-state index in [1.807, 2.05) is 0 Å². The summed E-state index contributed by atoms with van der Waals surface area (Å²) in [5, 5.41) is 0.847. The minimum atomic E-state index is -4.77. The van der Waals surface area contributed by atoms with Gasteiger partial charge in [-0.25, -0.2) is 13.9 Å². The first-order valence-electron chi connectivity index (χ1n) is 5.18. The van der Waals surface area contributed by atoms with Gasteiger partial charge in [0, 0.05) is 6.20 Å². The molecule has 0 spiro atoms. The summed E-state index contributed by atoms with van der Waals surface area (Å²) in [5.41, 5.74) is 0.239. The van der Waals surface area contributed by atoms with Crippen LogP contribution in [-0.2, 0) is 9.19 Å². The fourth-order valence-corrected chi connectivity index (χ4v) is 1.77. The maximum atomic E-state index is 12.9. The smallest absolute Gasteiger partial charge is 0.301 e. The summed E-state index contributed by atoms with van der Waals surface area (Å²) in [7, 11) is -4.77. The zero-order chi connectivity index (χ0) is 13.9. The summed E-state index contributed by atoms with van der Waals surface area (Å²) < 4.78 is 28.4. The highest BCUT2D eigenvalue weighted by Gasteiger charge is 2.23. The normalized spacial score (nSPS) is 11.3. The number of hydrogen-bond donors (Lipinski definition) is 2. The predicted molar refractivity (Wildman–Crippen MR) is 65.9 cm³/mol. The van der Waals surface area contributed by atoms with Crippen molar-refractivity contribution in [2.75, 3.05) is 5.06 Å². The van der Waals surface area contributed by atoms with E-state index in [1.165, 1.54) is 24.4 Å². The van der Waals surface area contributed by atoms with Gasteiger partial charge in [0.05, 0.1) is 5.69 Å². The molecular formula is C11H10FN2O4P. The summed E-state index contributed by atoms with van der Waals surface area (Å²) in [6.45, 7) is 0. The lowest BCUT2D eigenvalue weighted by molar-refractivity contribution is 0.197. The molecule has 0 saturated heterocycles. The van der Waals surface area contributed by atoms with Crippen LogP contribution in [0.15, 0.2) is 48.7 Å². The molecule has 2 aromatic rings. The number of halogens is 1. The Kier molecular flexibility index (Phi) is 3.92. The second-order valence-electron chi connectivity index (χ2n) is 3.53. The second-order valence-corrected chi connectivity index (χ2v) is 4.68. The molecule has 0 fully saturated rings. The van der Waals surface area contributed by atoms with E-state index in [4.69, 9.17) is 9.79 Å². The molecule has 0 bridgehead atoms. The molecular weight excluding hydrogens is 274 g/mol. The van der Waals surface area contributed by atoms with E-state index in [1.54, 1.807) is 12.1 Å². The van der Waals surface area contributed by atoms with Crippen molar-refractivity contribution in [3.8, 4) is 0 Å². The Morgan fingerprint density at radius 3 is 2.37 bits per heavy atom. The SMILES string of the molecule is O=P(O)(O)ON(c1ccc(F)cc1)c1ccccn1. The van der Waals surface area contributed by atoms with Gasteiger partial charge < -0.3 is 9.79 Å². The van der Waals surface area contributed by atoms with Crippen LogP contribution >= 0.6 is 7.82 Å². The Labute approximate surface area is 108 Å². The van der Waals surface area contributed by atoms with Gasteiger partial charge in [0.15, 0.2) is 5.82 Å². The third kappa shape index (κ3) is 3.84. The van der Waals surface area contributed by atoms with Crippen LogP contribution in [0, 0.1) is 5.82 Å². The van der Waals surface area contributed by atoms with Gasteiger partial charge in [0.25, 0.3) is 0 Å². The average molecular weight is 284 g/mol. The Hall–Kier alpha value is -1.79. The van der Waals surface area contributed by atoms with E-state index in [2.05, 4.69) is 9.61 Å². The van der Waals surface area contributed by atoms with E-state index in [9.17, 15) is 8.96 Å². The number of pyridine rings is 1. The fourth-order valence-electron chi connectivity index (χ4n) is 1.38. The lowest BCUT2D eigenvalue weighted by Crippen LogP contribution is -2.17. The van der Waals surface area contributed by atoms with Crippen LogP contribution in [0.3, 0.4) is 0 Å². The highest BCUT2D eigenvalue weighted by molar-refractivity contribution is 7.46. The van der Waals surface area contributed by atoms with Crippen molar-refractivity contribution in [1.82, 2.24) is 4.98 Å². The molecule has 0 amide bonds. The Morgan fingerprint density at radius 1 is 1.16 bits per heavy atom. The molecule has 1 aromatic carbocycles. The minimum Gasteiger partial charge on any atom is -0.301 e. The molecule has 0 radical (unpaired) electrons. The zero-order valence-electron chi connectivity index (χ0n) is 9.55. The molecule has 0 aliphatic heterocycles. The lowest BCUT2D eigenvalue weighted by atomic mass is 10.3. The highest BCUT2D eigenvalue weighted by Crippen LogP contribution is 2.41. The molecule has 19 heavy (non-hydrogen) atoms. The number of hydrogen-bond acceptors (Lipinski definition) is 4. The van der Waals surface area contributed by atoms with Crippen LogP contribution in [0.1, 0.15) is 0 Å². The molecule has 2 rings (SSSR count). The van der Waals surface area contributed by atoms with Crippen molar-refractivity contribution in [3.63, 3.8) is 0 Å². The molecule has 0 unspecified atom stereocenters. The molecule has 0 aliphatic carbocycles. The molecule has 0 atom stereocenters. The van der Waals surface area contributed by atoms with Crippen molar-refractivity contribution < 1.29 is 23.4 Å². The predicted octanol–water partition coefficient (Wildman–Crippen LogP) is 2.38. The van der Waals surface area contributed by atoms with Gasteiger partial charge >= 0.3 is 7.82 Å². The number of anilines is 2. The van der Waals surface area contributed by atoms with E-state index < -0.39 is 13.6 Å². The van der Waals surface area contributed by atoms with Crippen LogP contribution < -0.4 is 5.06 Å². The van der Waals surface area contributed by atoms with Gasteiger partial charge in [-0.1, -0.05) is 6.07 Å². The highest BCUT2D eigenvalue weighted by atomic mass is 31.2. The molecule has 8 heteroatoms. The summed E-state index contributed by atoms with van der Waals surface area (Å²) in [6.07, 6.45) is 1.44. The third-order valence-electron chi connectivity index (χ3n) is 2.11. The van der Waals surface area contributed by atoms with Gasteiger partial charge in [0.1, 0.15) is 5.82 Å². The van der Waals surface area contributed by atoms with E-state index in [-0.39, 0.29) is 11.5 Å². The van der Waals surface area contributed by atoms with Gasteiger partial charge in [-0.2, -0.15) is 9.69 Å². The molecule has 0 saturated carbocycles. The summed E-state index contributed by atoms with van der Waals surface area (Å²) in [5.74, 6) is -0.307. The topological polar surface area (TPSA) is 82.9 Å². The van der Waals surface area contributed by atoms with Crippen molar-refractivity contribution in [1.29, 1.82) is 0 Å². The standard InChI is InChI=1S/C11H10FN2O4P/c12-9-4-6-10(7-5-9)14(18-19(15,16)17)11-3-1-2-8-13-11/h1-8H,(H2,15,16,17). The molecule has 2 N–H and O–H groups in total. The first kappa shape index (κ1) is 13.6. The van der Waals surface area contributed by atoms with E-state index in [0.717, 1.165) is 17.2 Å². The van der Waals surface area contributed by atoms with E-state index in [0.29, 0.717) is 0 Å². The number of rotatable bonds is 4. The van der Waals surface area contributed by atoms with Gasteiger partial charge in [-0.15, -0.1) is 0 Å². The van der Waals surface area contributed by atoms with Crippen molar-refractivity contribution >= 4 is 19.3 Å². The molecule has 0 aliphatic rings. The molecule has 6 nitrogen and oxygen atoms in total. The number of phosphoric acid groups is 1. The first-order valence-corrected chi connectivity index (χ1v) is 6.71. The monoisotopic (exact) mass is 284 g/mol. The Balaban J connectivity index is 2.40. The lowest BCUT2D eigenvalue weighted by Gasteiger charge is -2.22. The number of nitrogens with zero attached hydrogens (tertiary/aromatic N) is 2. The van der Waals surface area contributed by atoms with Crippen molar-refractivity contribution in [3.05, 3.63) is 54.5 Å². The maximum Gasteiger partial charge on any atom is 0.491 e. The van der Waals surface area contributed by atoms with Crippen molar-refractivity contribution in [2.45, 2.75) is 0 Å². The summed E-state index contributed by atoms with van der Waals surface area (Å²) >= 11 is 0. The summed E-state index contributed by atoms with van der Waals surface area (Å²) in [6, 6.07) is 9.70. The van der Waals surface area contributed by atoms with Crippen LogP contribution in [-0.4, -0.2) is 14.8 Å². The second kappa shape index (κ2) is 5.46. The van der Waals surface area contributed by atoms with Crippen LogP contribution in [0.5, 0.6) is 0 Å². The third-order valence-corrected chi connectivity index (χ3v) is 2.48. The zero-order valence-corrected chi connectivity index (χ0v) is 10.4. The van der Waals surface area contributed by atoms with Crippen LogP contribution in [0.25, 0.3) is 0 Å². The van der Waals surface area contributed by atoms with Crippen LogP contribution in [0.2, 0.25) is 0 Å². The summed E-state index contributed by atoms with van der Waals surface area (Å²) in [4.78, 5) is 21.7. The van der Waals surface area contributed by atoms with Gasteiger partial charge in [0.2, 0.25) is 0 Å².